The Morgan fingerprint density at radius 3 is 2.21 bits per heavy atom. The number of nitrogens with one attached hydrogen (secondary N) is 1. The topological polar surface area (TPSA) is 52.9 Å². The van der Waals surface area contributed by atoms with Gasteiger partial charge >= 0.3 is 0 Å². The Morgan fingerprint density at radius 1 is 1.26 bits per heavy atom. The summed E-state index contributed by atoms with van der Waals surface area (Å²) in [6.07, 6.45) is 6.56. The van der Waals surface area contributed by atoms with E-state index in [1.807, 2.05) is 0 Å². The van der Waals surface area contributed by atoms with Crippen molar-refractivity contribution in [1.82, 2.24) is 5.32 Å². The second-order valence-corrected chi connectivity index (χ2v) is 7.13. The van der Waals surface area contributed by atoms with Gasteiger partial charge in [0.2, 0.25) is 5.91 Å². The number of hydrogen-bond acceptors (Lipinski definition) is 2. The summed E-state index contributed by atoms with van der Waals surface area (Å²) in [5, 5.41) is 12.5. The maximum absolute atomic E-state index is 12.2. The van der Waals surface area contributed by atoms with Crippen molar-refractivity contribution in [1.29, 1.82) is 5.26 Å². The lowest BCUT2D eigenvalue weighted by atomic mass is 9.79. The van der Waals surface area contributed by atoms with Crippen LogP contribution in [0.4, 0.5) is 0 Å². The number of amides is 1. The SMILES string of the molecule is CC(CC(=O)NC1(C#N)CCCCCC1)C(C)(C)C. The van der Waals surface area contributed by atoms with Crippen molar-refractivity contribution in [2.45, 2.75) is 78.2 Å². The van der Waals surface area contributed by atoms with Crippen LogP contribution < -0.4 is 5.32 Å². The van der Waals surface area contributed by atoms with Gasteiger partial charge in [-0.25, -0.2) is 0 Å². The van der Waals surface area contributed by atoms with Gasteiger partial charge in [0.05, 0.1) is 6.07 Å². The fourth-order valence-electron chi connectivity index (χ4n) is 2.50. The summed E-state index contributed by atoms with van der Waals surface area (Å²) in [6, 6.07) is 2.37. The molecule has 1 fully saturated rings. The molecule has 0 radical (unpaired) electrons. The first-order valence-electron chi connectivity index (χ1n) is 7.51. The smallest absolute Gasteiger partial charge is 0.221 e. The summed E-state index contributed by atoms with van der Waals surface area (Å²) >= 11 is 0. The number of nitriles is 1. The summed E-state index contributed by atoms with van der Waals surface area (Å²) in [6.45, 7) is 8.55. The molecule has 1 unspecified atom stereocenters. The molecule has 3 heteroatoms. The molecule has 0 spiro atoms. The van der Waals surface area contributed by atoms with E-state index in [-0.39, 0.29) is 11.3 Å². The fourth-order valence-corrected chi connectivity index (χ4v) is 2.50. The monoisotopic (exact) mass is 264 g/mol. The predicted molar refractivity (Wildman–Crippen MR) is 77.4 cm³/mol. The second kappa shape index (κ2) is 6.41. The minimum Gasteiger partial charge on any atom is -0.338 e. The molecule has 1 saturated carbocycles. The molecule has 0 saturated heterocycles. The van der Waals surface area contributed by atoms with Crippen LogP contribution >= 0.6 is 0 Å². The molecule has 0 heterocycles. The van der Waals surface area contributed by atoms with E-state index in [2.05, 4.69) is 39.1 Å². The number of carbonyl (C=O) groups excluding carboxylic acids is 1. The Bertz CT molecular complexity index is 341. The lowest BCUT2D eigenvalue weighted by Crippen LogP contribution is -2.47. The minimum atomic E-state index is -0.606. The molecule has 1 aliphatic carbocycles. The van der Waals surface area contributed by atoms with Crippen LogP contribution in [-0.2, 0) is 4.79 Å². The van der Waals surface area contributed by atoms with Gasteiger partial charge in [-0.3, -0.25) is 4.79 Å². The van der Waals surface area contributed by atoms with Gasteiger partial charge in [-0.05, 0) is 24.2 Å². The molecular weight excluding hydrogens is 236 g/mol. The van der Waals surface area contributed by atoms with Crippen LogP contribution in [0, 0.1) is 22.7 Å². The highest BCUT2D eigenvalue weighted by Crippen LogP contribution is 2.30. The zero-order chi connectivity index (χ0) is 14.5. The van der Waals surface area contributed by atoms with Gasteiger partial charge in [0.25, 0.3) is 0 Å². The number of carbonyl (C=O) groups is 1. The van der Waals surface area contributed by atoms with E-state index in [1.165, 1.54) is 12.8 Å². The third kappa shape index (κ3) is 4.86. The largest absolute Gasteiger partial charge is 0.338 e. The molecule has 1 N–H and O–H groups in total. The maximum atomic E-state index is 12.2. The van der Waals surface area contributed by atoms with Gasteiger partial charge in [0.15, 0.2) is 0 Å². The zero-order valence-electron chi connectivity index (χ0n) is 12.9. The van der Waals surface area contributed by atoms with Crippen molar-refractivity contribution in [3.8, 4) is 6.07 Å². The third-order valence-electron chi connectivity index (χ3n) is 4.52. The molecule has 19 heavy (non-hydrogen) atoms. The molecule has 0 aliphatic heterocycles. The molecule has 0 aromatic rings. The Morgan fingerprint density at radius 2 is 1.79 bits per heavy atom. The molecule has 108 valence electrons. The highest BCUT2D eigenvalue weighted by atomic mass is 16.1. The minimum absolute atomic E-state index is 0.0332. The second-order valence-electron chi connectivity index (χ2n) is 7.13. The average molecular weight is 264 g/mol. The van der Waals surface area contributed by atoms with Crippen molar-refractivity contribution in [3.63, 3.8) is 0 Å². The molecule has 0 bridgehead atoms. The van der Waals surface area contributed by atoms with Crippen LogP contribution in [0.1, 0.15) is 72.6 Å². The maximum Gasteiger partial charge on any atom is 0.221 e. The van der Waals surface area contributed by atoms with E-state index < -0.39 is 5.54 Å². The molecule has 1 rings (SSSR count). The number of rotatable bonds is 3. The van der Waals surface area contributed by atoms with Crippen LogP contribution in [0.3, 0.4) is 0 Å². The summed E-state index contributed by atoms with van der Waals surface area (Å²) in [7, 11) is 0. The zero-order valence-corrected chi connectivity index (χ0v) is 12.9. The van der Waals surface area contributed by atoms with Crippen molar-refractivity contribution in [2.75, 3.05) is 0 Å². The van der Waals surface area contributed by atoms with Crippen molar-refractivity contribution in [2.24, 2.45) is 11.3 Å². The quantitative estimate of drug-likeness (QED) is 0.788. The van der Waals surface area contributed by atoms with Crippen molar-refractivity contribution in [3.05, 3.63) is 0 Å². The van der Waals surface area contributed by atoms with E-state index in [9.17, 15) is 10.1 Å². The summed E-state index contributed by atoms with van der Waals surface area (Å²) in [5.41, 5.74) is -0.480. The molecule has 3 nitrogen and oxygen atoms in total. The lowest BCUT2D eigenvalue weighted by molar-refractivity contribution is -0.124. The van der Waals surface area contributed by atoms with Crippen LogP contribution in [0.25, 0.3) is 0 Å². The van der Waals surface area contributed by atoms with Gasteiger partial charge in [-0.1, -0.05) is 53.4 Å². The number of hydrogen-bond donors (Lipinski definition) is 1. The normalized spacial score (nSPS) is 21.0. The van der Waals surface area contributed by atoms with Crippen LogP contribution in [0.15, 0.2) is 0 Å². The van der Waals surface area contributed by atoms with Crippen LogP contribution in [-0.4, -0.2) is 11.4 Å². The average Bonchev–Trinajstić information content (AvgIpc) is 2.54. The molecular formula is C16H28N2O. The molecule has 1 aliphatic rings. The van der Waals surface area contributed by atoms with Crippen molar-refractivity contribution < 1.29 is 4.79 Å². The third-order valence-corrected chi connectivity index (χ3v) is 4.52. The van der Waals surface area contributed by atoms with E-state index in [0.29, 0.717) is 12.3 Å². The Hall–Kier alpha value is -1.04. The highest BCUT2D eigenvalue weighted by Gasteiger charge is 2.33. The van der Waals surface area contributed by atoms with E-state index in [0.717, 1.165) is 25.7 Å². The summed E-state index contributed by atoms with van der Waals surface area (Å²) in [5.74, 6) is 0.347. The van der Waals surface area contributed by atoms with Gasteiger partial charge in [-0.2, -0.15) is 5.26 Å². The number of nitrogens with zero attached hydrogens (tertiary/aromatic N) is 1. The first kappa shape index (κ1) is 16.0. The Kier molecular flexibility index (Phi) is 5.40. The molecule has 0 aromatic heterocycles. The standard InChI is InChI=1S/C16H28N2O/c1-13(15(2,3)4)11-14(19)18-16(12-17)9-7-5-6-8-10-16/h13H,5-11H2,1-4H3,(H,18,19). The molecule has 1 amide bonds. The van der Waals surface area contributed by atoms with Gasteiger partial charge in [0.1, 0.15) is 5.54 Å². The first-order chi connectivity index (χ1) is 8.79. The van der Waals surface area contributed by atoms with E-state index in [1.54, 1.807) is 0 Å². The van der Waals surface area contributed by atoms with Gasteiger partial charge in [0, 0.05) is 6.42 Å². The van der Waals surface area contributed by atoms with E-state index in [4.69, 9.17) is 0 Å². The van der Waals surface area contributed by atoms with Gasteiger partial charge in [-0.15, -0.1) is 0 Å². The molecule has 1 atom stereocenters. The van der Waals surface area contributed by atoms with Gasteiger partial charge < -0.3 is 5.32 Å². The van der Waals surface area contributed by atoms with E-state index >= 15 is 0 Å². The highest BCUT2D eigenvalue weighted by molar-refractivity contribution is 5.77. The van der Waals surface area contributed by atoms with Crippen LogP contribution in [0.5, 0.6) is 0 Å². The predicted octanol–water partition coefficient (Wildman–Crippen LogP) is 3.79. The Balaban J connectivity index is 2.61. The molecule has 0 aromatic carbocycles. The summed E-state index contributed by atoms with van der Waals surface area (Å²) in [4.78, 5) is 12.2. The van der Waals surface area contributed by atoms with Crippen LogP contribution in [0.2, 0.25) is 0 Å². The lowest BCUT2D eigenvalue weighted by Gasteiger charge is -2.30. The van der Waals surface area contributed by atoms with Crippen molar-refractivity contribution >= 4 is 5.91 Å². The first-order valence-corrected chi connectivity index (χ1v) is 7.51. The summed E-state index contributed by atoms with van der Waals surface area (Å²) < 4.78 is 0. The Labute approximate surface area is 117 Å². The fraction of sp³-hybridized carbons (Fsp3) is 0.875.